The van der Waals surface area contributed by atoms with Crippen LogP contribution in [0.25, 0.3) is 0 Å². The summed E-state index contributed by atoms with van der Waals surface area (Å²) >= 11 is 0. The molecular weight excluding hydrogens is 148 g/mol. The minimum Gasteiger partial charge on any atom is -0.299 e. The van der Waals surface area contributed by atoms with Crippen molar-refractivity contribution in [1.29, 1.82) is 0 Å². The quantitative estimate of drug-likeness (QED) is 0.493. The maximum Gasteiger partial charge on any atom is 0.145 e. The normalized spacial score (nSPS) is 36.5. The third kappa shape index (κ3) is 0.619. The van der Waals surface area contributed by atoms with Crippen LogP contribution in [-0.2, 0) is 4.79 Å². The number of carbonyl (C=O) groups excluding carboxylic acids is 1. The predicted octanol–water partition coefficient (Wildman–Crippen LogP) is 2.02. The molecule has 1 nitrogen and oxygen atoms in total. The van der Waals surface area contributed by atoms with Crippen LogP contribution in [0.4, 0.5) is 0 Å². The monoisotopic (exact) mass is 158 g/mol. The van der Waals surface area contributed by atoms with Gasteiger partial charge in [-0.25, -0.2) is 0 Å². The molecule has 0 aliphatic heterocycles. The maximum absolute atomic E-state index is 11.5. The van der Waals surface area contributed by atoms with E-state index in [-0.39, 0.29) is 5.92 Å². The summed E-state index contributed by atoms with van der Waals surface area (Å²) in [4.78, 5) is 11.5. The lowest BCUT2D eigenvalue weighted by molar-refractivity contribution is -0.122. The van der Waals surface area contributed by atoms with Crippen molar-refractivity contribution in [3.05, 3.63) is 35.5 Å². The molecule has 1 heteroatoms. The lowest BCUT2D eigenvalue weighted by Gasteiger charge is -2.33. The summed E-state index contributed by atoms with van der Waals surface area (Å²) in [6.45, 7) is 0. The molecule has 1 fully saturated rings. The molecule has 0 radical (unpaired) electrons. The minimum atomic E-state index is 0.115. The highest BCUT2D eigenvalue weighted by atomic mass is 16.1. The third-order valence-corrected chi connectivity index (χ3v) is 3.05. The number of fused-ring (bicyclic) bond motifs is 1. The Morgan fingerprint density at radius 2 is 2.00 bits per heavy atom. The molecule has 4 aliphatic rings. The highest BCUT2D eigenvalue weighted by Gasteiger charge is 2.38. The summed E-state index contributed by atoms with van der Waals surface area (Å²) in [7, 11) is 0. The summed E-state index contributed by atoms with van der Waals surface area (Å²) in [5.41, 5.74) is 2.74. The van der Waals surface area contributed by atoms with Gasteiger partial charge >= 0.3 is 0 Å². The topological polar surface area (TPSA) is 17.1 Å². The fourth-order valence-corrected chi connectivity index (χ4v) is 2.48. The van der Waals surface area contributed by atoms with E-state index in [1.54, 1.807) is 0 Å². The molecule has 0 aromatic heterocycles. The first kappa shape index (κ1) is 6.41. The number of ketones is 1. The van der Waals surface area contributed by atoms with Crippen LogP contribution in [0.15, 0.2) is 35.5 Å². The van der Waals surface area contributed by atoms with Gasteiger partial charge in [0.05, 0.1) is 5.92 Å². The van der Waals surface area contributed by atoms with E-state index in [0.29, 0.717) is 11.7 Å². The van der Waals surface area contributed by atoms with Crippen LogP contribution >= 0.6 is 0 Å². The Hall–Kier alpha value is -1.11. The van der Waals surface area contributed by atoms with Crippen LogP contribution in [0.3, 0.4) is 0 Å². The zero-order chi connectivity index (χ0) is 8.13. The highest BCUT2D eigenvalue weighted by Crippen LogP contribution is 2.44. The second-order valence-electron chi connectivity index (χ2n) is 3.69. The smallest absolute Gasteiger partial charge is 0.145 e. The molecule has 0 N–H and O–H groups in total. The van der Waals surface area contributed by atoms with Crippen molar-refractivity contribution >= 4 is 5.78 Å². The van der Waals surface area contributed by atoms with E-state index in [1.165, 1.54) is 11.1 Å². The zero-order valence-corrected chi connectivity index (χ0v) is 6.79. The van der Waals surface area contributed by atoms with Crippen LogP contribution in [0, 0.1) is 11.8 Å². The van der Waals surface area contributed by atoms with Crippen LogP contribution in [0.5, 0.6) is 0 Å². The van der Waals surface area contributed by atoms with E-state index in [0.717, 1.165) is 12.8 Å². The number of carbonyl (C=O) groups is 1. The first-order valence-corrected chi connectivity index (χ1v) is 4.48. The average molecular weight is 158 g/mol. The van der Waals surface area contributed by atoms with Crippen LogP contribution in [-0.4, -0.2) is 5.78 Å². The summed E-state index contributed by atoms with van der Waals surface area (Å²) in [5.74, 6) is 0.938. The second kappa shape index (κ2) is 1.98. The molecule has 0 saturated heterocycles. The van der Waals surface area contributed by atoms with Crippen molar-refractivity contribution in [2.75, 3.05) is 0 Å². The summed E-state index contributed by atoms with van der Waals surface area (Å²) in [6.07, 6.45) is 10.5. The Kier molecular flexibility index (Phi) is 1.06. The van der Waals surface area contributed by atoms with Crippen molar-refractivity contribution in [2.45, 2.75) is 12.8 Å². The molecule has 0 amide bonds. The summed E-state index contributed by atoms with van der Waals surface area (Å²) < 4.78 is 0. The van der Waals surface area contributed by atoms with E-state index < -0.39 is 0 Å². The third-order valence-electron chi connectivity index (χ3n) is 3.05. The van der Waals surface area contributed by atoms with Gasteiger partial charge in [-0.3, -0.25) is 4.79 Å². The van der Waals surface area contributed by atoms with Crippen LogP contribution < -0.4 is 0 Å². The molecule has 12 heavy (non-hydrogen) atoms. The van der Waals surface area contributed by atoms with Gasteiger partial charge in [-0.15, -0.1) is 0 Å². The fourth-order valence-electron chi connectivity index (χ4n) is 2.48. The zero-order valence-electron chi connectivity index (χ0n) is 6.79. The largest absolute Gasteiger partial charge is 0.299 e. The first-order valence-electron chi connectivity index (χ1n) is 4.48. The lowest BCUT2D eigenvalue weighted by atomic mass is 9.70. The Bertz CT molecular complexity index is 344. The molecule has 2 bridgehead atoms. The van der Waals surface area contributed by atoms with E-state index in [4.69, 9.17) is 0 Å². The van der Waals surface area contributed by atoms with Gasteiger partial charge in [0.1, 0.15) is 5.78 Å². The molecule has 0 heterocycles. The van der Waals surface area contributed by atoms with Gasteiger partial charge in [0.25, 0.3) is 0 Å². The van der Waals surface area contributed by atoms with E-state index in [9.17, 15) is 4.79 Å². The molecule has 4 aliphatic carbocycles. The molecule has 0 unspecified atom stereocenters. The standard InChI is InChI=1S/C11H10O/c12-11-6-7-4-5-10(11)9-3-1-2-8(7)9/h2-5,7,10H,1,6H2/t7-,10-/m0/s1. The molecular formula is C11H10O. The van der Waals surface area contributed by atoms with E-state index >= 15 is 0 Å². The molecule has 0 aromatic carbocycles. The number of hydrogen-bond acceptors (Lipinski definition) is 1. The van der Waals surface area contributed by atoms with Crippen LogP contribution in [0.1, 0.15) is 12.8 Å². The van der Waals surface area contributed by atoms with Crippen molar-refractivity contribution in [3.63, 3.8) is 0 Å². The Morgan fingerprint density at radius 3 is 2.83 bits per heavy atom. The average Bonchev–Trinajstić information content (AvgIpc) is 2.53. The van der Waals surface area contributed by atoms with Gasteiger partial charge in [-0.05, 0) is 17.6 Å². The van der Waals surface area contributed by atoms with Gasteiger partial charge < -0.3 is 0 Å². The van der Waals surface area contributed by atoms with E-state index in [1.807, 2.05) is 0 Å². The van der Waals surface area contributed by atoms with Crippen molar-refractivity contribution < 1.29 is 4.79 Å². The lowest BCUT2D eigenvalue weighted by Crippen LogP contribution is -2.30. The first-order chi connectivity index (χ1) is 5.86. The van der Waals surface area contributed by atoms with Gasteiger partial charge in [-0.1, -0.05) is 24.3 Å². The molecule has 1 saturated carbocycles. The summed E-state index contributed by atoms with van der Waals surface area (Å²) in [5, 5.41) is 0. The Balaban J connectivity index is 2.20. The van der Waals surface area contributed by atoms with Crippen LogP contribution in [0.2, 0.25) is 0 Å². The molecule has 0 spiro atoms. The number of Topliss-reactive ketones (excluding diaryl/α,β-unsaturated/α-hetero) is 1. The number of rotatable bonds is 0. The molecule has 2 atom stereocenters. The fraction of sp³-hybridized carbons (Fsp3) is 0.364. The van der Waals surface area contributed by atoms with E-state index in [2.05, 4.69) is 24.3 Å². The van der Waals surface area contributed by atoms with Gasteiger partial charge in [0.15, 0.2) is 0 Å². The Morgan fingerprint density at radius 1 is 1.17 bits per heavy atom. The van der Waals surface area contributed by atoms with Crippen molar-refractivity contribution in [2.24, 2.45) is 11.8 Å². The highest BCUT2D eigenvalue weighted by molar-refractivity contribution is 5.91. The predicted molar refractivity (Wildman–Crippen MR) is 46.5 cm³/mol. The number of hydrogen-bond donors (Lipinski definition) is 0. The molecule has 60 valence electrons. The molecule has 4 rings (SSSR count). The van der Waals surface area contributed by atoms with Crippen molar-refractivity contribution in [1.82, 2.24) is 0 Å². The SMILES string of the molecule is O=C1C[C@@H]2C=C[C@H]1C1=CCC=C12. The number of allylic oxidation sites excluding steroid dienone is 6. The summed E-state index contributed by atoms with van der Waals surface area (Å²) in [6, 6.07) is 0. The van der Waals surface area contributed by atoms with Gasteiger partial charge in [-0.2, -0.15) is 0 Å². The van der Waals surface area contributed by atoms with Gasteiger partial charge in [0, 0.05) is 12.3 Å². The Labute approximate surface area is 71.5 Å². The maximum atomic E-state index is 11.5. The minimum absolute atomic E-state index is 0.115. The van der Waals surface area contributed by atoms with Gasteiger partial charge in [0.2, 0.25) is 0 Å². The van der Waals surface area contributed by atoms with Crippen molar-refractivity contribution in [3.8, 4) is 0 Å². The molecule has 0 aromatic rings. The second-order valence-corrected chi connectivity index (χ2v) is 3.69.